The second-order valence-corrected chi connectivity index (χ2v) is 16.0. The minimum absolute atomic E-state index is 0.0381. The van der Waals surface area contributed by atoms with Gasteiger partial charge in [0, 0.05) is 43.1 Å². The summed E-state index contributed by atoms with van der Waals surface area (Å²) in [5, 5.41) is 39.6. The second kappa shape index (κ2) is 16.4. The lowest BCUT2D eigenvalue weighted by Crippen LogP contribution is -1.91. The van der Waals surface area contributed by atoms with Gasteiger partial charge in [-0.15, -0.1) is 0 Å². The molecule has 0 radical (unpaired) electrons. The van der Waals surface area contributed by atoms with Crippen LogP contribution in [-0.2, 0) is 0 Å². The number of hydrogen-bond donors (Lipinski definition) is 2. The number of hydrogen-bond acceptors (Lipinski definition) is 4. The van der Waals surface area contributed by atoms with Crippen molar-refractivity contribution < 1.29 is 19.7 Å². The van der Waals surface area contributed by atoms with Crippen LogP contribution < -0.4 is 9.47 Å². The third-order valence-corrected chi connectivity index (χ3v) is 12.0. The summed E-state index contributed by atoms with van der Waals surface area (Å²) < 4.78 is 12.7. The molecule has 11 rings (SSSR count). The largest absolute Gasteiger partial charge is 0.506 e. The van der Waals surface area contributed by atoms with E-state index in [1.807, 2.05) is 133 Å². The number of phenols is 2. The van der Waals surface area contributed by atoms with Crippen molar-refractivity contribution in [1.82, 2.24) is 0 Å². The van der Waals surface area contributed by atoms with Crippen molar-refractivity contribution >= 4 is 108 Å². The number of aromatic hydroxyl groups is 2. The van der Waals surface area contributed by atoms with Gasteiger partial charge in [-0.2, -0.15) is 0 Å². The van der Waals surface area contributed by atoms with Gasteiger partial charge in [-0.3, -0.25) is 0 Å². The lowest BCUT2D eigenvalue weighted by molar-refractivity contribution is 0.421. The molecule has 0 fully saturated rings. The van der Waals surface area contributed by atoms with Gasteiger partial charge in [0.1, 0.15) is 23.0 Å². The molecule has 0 saturated heterocycles. The summed E-state index contributed by atoms with van der Waals surface area (Å²) in [5.74, 6) is 1.15. The fraction of sp³-hybridized carbons (Fsp3) is 0.0323. The third kappa shape index (κ3) is 6.94. The monoisotopic (exact) mass is 844 g/mol. The van der Waals surface area contributed by atoms with Gasteiger partial charge < -0.3 is 19.7 Å². The highest BCUT2D eigenvalue weighted by Gasteiger charge is 2.17. The Balaban J connectivity index is 1.32. The summed E-state index contributed by atoms with van der Waals surface area (Å²) in [6.45, 7) is 0. The van der Waals surface area contributed by atoms with Crippen molar-refractivity contribution in [2.45, 2.75) is 0 Å². The fourth-order valence-electron chi connectivity index (χ4n) is 9.04. The van der Waals surface area contributed by atoms with E-state index in [9.17, 15) is 10.2 Å². The smallest absolute Gasteiger partial charge is 0.143 e. The van der Waals surface area contributed by atoms with Crippen LogP contribution in [-0.4, -0.2) is 24.4 Å². The van der Waals surface area contributed by atoms with E-state index in [1.54, 1.807) is 14.2 Å². The summed E-state index contributed by atoms with van der Waals surface area (Å²) in [6.07, 6.45) is 0. The van der Waals surface area contributed by atoms with E-state index in [2.05, 4.69) is 84.9 Å². The molecule has 0 heterocycles. The Labute approximate surface area is 381 Å². The van der Waals surface area contributed by atoms with Crippen molar-refractivity contribution in [2.24, 2.45) is 0 Å². The van der Waals surface area contributed by atoms with Crippen LogP contribution in [0.5, 0.6) is 23.0 Å². The van der Waals surface area contributed by atoms with Gasteiger partial charge in [0.15, 0.2) is 0 Å². The summed E-state index contributed by atoms with van der Waals surface area (Å²) in [5.41, 5.74) is 0. The normalized spacial score (nSPS) is 10.8. The highest BCUT2D eigenvalue weighted by atomic mass is 16.5. The van der Waals surface area contributed by atoms with Crippen molar-refractivity contribution in [1.29, 1.82) is 0 Å². The maximum Gasteiger partial charge on any atom is 0.143 e. The molecule has 12 bridgehead atoms. The first-order chi connectivity index (χ1) is 32.4. The number of phenolic OH excluding ortho intramolecular Hbond substituents is 2. The molecule has 11 aromatic carbocycles. The van der Waals surface area contributed by atoms with E-state index in [0.717, 1.165) is 64.6 Å². The fourth-order valence-corrected chi connectivity index (χ4v) is 9.04. The van der Waals surface area contributed by atoms with Crippen LogP contribution in [0.2, 0.25) is 0 Å². The van der Waals surface area contributed by atoms with E-state index in [4.69, 9.17) is 9.47 Å². The maximum atomic E-state index is 12.3. The second-order valence-electron chi connectivity index (χ2n) is 16.0. The van der Waals surface area contributed by atoms with Gasteiger partial charge in [-0.05, 0) is 104 Å². The molecule has 0 spiro atoms. The van der Waals surface area contributed by atoms with Crippen LogP contribution >= 0.6 is 0 Å². The van der Waals surface area contributed by atoms with Crippen LogP contribution in [0.15, 0.2) is 170 Å². The van der Waals surface area contributed by atoms with E-state index in [0.29, 0.717) is 54.6 Å². The number of ether oxygens (including phenoxy) is 2. The summed E-state index contributed by atoms with van der Waals surface area (Å²) >= 11 is 0. The van der Waals surface area contributed by atoms with Crippen LogP contribution in [0.25, 0.3) is 108 Å². The first-order valence-electron chi connectivity index (χ1n) is 21.4. The van der Waals surface area contributed by atoms with Gasteiger partial charge in [0.25, 0.3) is 0 Å². The van der Waals surface area contributed by atoms with Crippen LogP contribution in [0.3, 0.4) is 0 Å². The molecule has 0 unspecified atom stereocenters. The summed E-state index contributed by atoms with van der Waals surface area (Å²) in [4.78, 5) is 0. The van der Waals surface area contributed by atoms with Gasteiger partial charge in [0.05, 0.1) is 35.8 Å². The van der Waals surface area contributed by atoms with E-state index in [1.165, 1.54) is 0 Å². The number of fused-ring (bicyclic) bond motifs is 22. The van der Waals surface area contributed by atoms with Gasteiger partial charge in [-0.1, -0.05) is 158 Å². The summed E-state index contributed by atoms with van der Waals surface area (Å²) in [6, 6.07) is 82.3. The van der Waals surface area contributed by atoms with E-state index in [-0.39, 0.29) is 11.5 Å². The summed E-state index contributed by atoms with van der Waals surface area (Å²) in [7, 11) is 3.35. The Morgan fingerprint density at radius 1 is 0.303 bits per heavy atom. The highest BCUT2D eigenvalue weighted by Crippen LogP contribution is 2.45. The average molecular weight is 845 g/mol. The minimum Gasteiger partial charge on any atom is -0.506 e. The predicted octanol–water partition coefficient (Wildman–Crippen LogP) is 15.0. The van der Waals surface area contributed by atoms with E-state index >= 15 is 0 Å². The topological polar surface area (TPSA) is 58.9 Å². The molecule has 0 aliphatic heterocycles. The van der Waals surface area contributed by atoms with Gasteiger partial charge in [0.2, 0.25) is 0 Å². The molecule has 0 amide bonds. The molecule has 66 heavy (non-hydrogen) atoms. The Morgan fingerprint density at radius 3 is 0.924 bits per heavy atom. The van der Waals surface area contributed by atoms with Crippen molar-refractivity contribution in [3.05, 3.63) is 218 Å². The van der Waals surface area contributed by atoms with Gasteiger partial charge in [-0.25, -0.2) is 0 Å². The lowest BCUT2D eigenvalue weighted by atomic mass is 9.95. The van der Waals surface area contributed by atoms with Gasteiger partial charge >= 0.3 is 0 Å². The third-order valence-electron chi connectivity index (χ3n) is 12.0. The Bertz CT molecular complexity index is 3800. The molecule has 4 nitrogen and oxygen atoms in total. The first kappa shape index (κ1) is 39.5. The molecule has 0 aromatic heterocycles. The number of methoxy groups -OCH3 is 2. The molecule has 0 aliphatic carbocycles. The Morgan fingerprint density at radius 2 is 0.591 bits per heavy atom. The van der Waals surface area contributed by atoms with Crippen LogP contribution in [0, 0.1) is 48.5 Å². The standard InChI is InChI=1S/C62H36O4/c1-65-61-49-31-27-41-15-11-13-39(33-41)25-29-47-35-43-17-3-7-21-51(43)55(59(47)63)56-52-22-8-4-18-44(52)36-48(60(56)64)30-26-40-14-12-16-42(34-40)28-32-50-38-46-20-6-10-24-54(46)58(62(50)66-2)57(61)53-23-9-5-19-45(53)37-49/h3-24,33-38,63-64H,1-2H3. The molecule has 0 atom stereocenters. The quantitative estimate of drug-likeness (QED) is 0.182. The molecule has 4 heteroatoms. The Kier molecular flexibility index (Phi) is 9.83. The predicted molar refractivity (Wildman–Crippen MR) is 270 cm³/mol. The number of benzene rings is 10. The van der Waals surface area contributed by atoms with Crippen LogP contribution in [0.1, 0.15) is 0 Å². The zero-order valence-electron chi connectivity index (χ0n) is 35.9. The van der Waals surface area contributed by atoms with Crippen LogP contribution in [0.4, 0.5) is 0 Å². The average Bonchev–Trinajstić information content (AvgIpc) is 3.35. The Hall–Kier alpha value is -9.32. The minimum atomic E-state index is -0.0381. The first-order valence-corrected chi connectivity index (χ1v) is 21.4. The van der Waals surface area contributed by atoms with E-state index < -0.39 is 0 Å². The van der Waals surface area contributed by atoms with Crippen molar-refractivity contribution in [3.63, 3.8) is 0 Å². The molecule has 0 aliphatic rings. The highest BCUT2D eigenvalue weighted by molar-refractivity contribution is 6.25. The molecular weight excluding hydrogens is 809 g/mol. The number of rotatable bonds is 2. The SMILES string of the molecule is COc1c2c#cc3cccc(c#cc4cc5ccccc5c(c4O)c4c(O)c(c#cc5cccc(c#cc6cc7ccccc7c(c6OC)c1c1ccccc1c2)c5)cc1ccccc14)c3. The van der Waals surface area contributed by atoms with Crippen molar-refractivity contribution in [3.8, 4) is 23.0 Å². The van der Waals surface area contributed by atoms with Crippen molar-refractivity contribution in [2.75, 3.05) is 14.2 Å². The molecule has 0 saturated carbocycles. The molecule has 11 aromatic rings. The lowest BCUT2D eigenvalue weighted by Gasteiger charge is -2.14. The molecular formula is C62H36O4. The molecule has 2 N–H and O–H groups in total. The zero-order valence-corrected chi connectivity index (χ0v) is 35.9. The zero-order chi connectivity index (χ0) is 44.7. The maximum absolute atomic E-state index is 12.3. The molecule has 308 valence electrons.